The van der Waals surface area contributed by atoms with Gasteiger partial charge in [-0.1, -0.05) is 0 Å². The quantitative estimate of drug-likeness (QED) is 0.518. The van der Waals surface area contributed by atoms with Crippen LogP contribution < -0.4 is 16.1 Å². The largest absolute Gasteiger partial charge is 0.435 e. The molecular weight excluding hydrogens is 487 g/mol. The second-order valence-electron chi connectivity index (χ2n) is 7.63. The maximum Gasteiger partial charge on any atom is 0.428 e. The fourth-order valence-electron chi connectivity index (χ4n) is 3.85. The van der Waals surface area contributed by atoms with E-state index in [0.717, 1.165) is 0 Å². The Bertz CT molecular complexity index is 1020. The number of benzene rings is 1. The fourth-order valence-corrected chi connectivity index (χ4v) is 4.35. The highest BCUT2D eigenvalue weighted by atomic mass is 79.9. The van der Waals surface area contributed by atoms with Crippen molar-refractivity contribution >= 4 is 39.5 Å². The number of likely N-dealkylation sites (N-methyl/N-ethyl adjacent to an activating group) is 1. The highest BCUT2D eigenvalue weighted by Crippen LogP contribution is 2.35. The van der Waals surface area contributed by atoms with E-state index in [4.69, 9.17) is 4.74 Å². The average molecular weight is 509 g/mol. The molecule has 1 saturated heterocycles. The van der Waals surface area contributed by atoms with Gasteiger partial charge in [0.15, 0.2) is 5.60 Å². The lowest BCUT2D eigenvalue weighted by atomic mass is 9.82. The minimum atomic E-state index is -1.04. The third kappa shape index (κ3) is 4.89. The molecule has 0 unspecified atom stereocenters. The van der Waals surface area contributed by atoms with E-state index in [0.29, 0.717) is 48.2 Å². The van der Waals surface area contributed by atoms with Crippen molar-refractivity contribution in [3.63, 3.8) is 0 Å². The molecule has 0 aliphatic carbocycles. The Hall–Kier alpha value is -3.04. The lowest BCUT2D eigenvalue weighted by Gasteiger charge is -2.43. The number of piperidine rings is 1. The van der Waals surface area contributed by atoms with Crippen LogP contribution in [0.5, 0.6) is 0 Å². The van der Waals surface area contributed by atoms with Gasteiger partial charge in [0, 0.05) is 55.6 Å². The number of nitrogens with zero attached hydrogens (tertiary/aromatic N) is 3. The van der Waals surface area contributed by atoms with Crippen LogP contribution in [0.1, 0.15) is 30.9 Å². The van der Waals surface area contributed by atoms with E-state index < -0.39 is 29.3 Å². The molecule has 1 atom stereocenters. The van der Waals surface area contributed by atoms with Gasteiger partial charge in [0.1, 0.15) is 17.6 Å². The minimum Gasteiger partial charge on any atom is -0.435 e. The zero-order valence-corrected chi connectivity index (χ0v) is 19.1. The summed E-state index contributed by atoms with van der Waals surface area (Å²) in [5, 5.41) is 18.3. The van der Waals surface area contributed by atoms with Crippen molar-refractivity contribution in [2.75, 3.05) is 26.7 Å². The molecule has 2 aliphatic rings. The number of hydrazone groups is 1. The third-order valence-corrected chi connectivity index (χ3v) is 6.07. The molecule has 0 saturated carbocycles. The molecule has 2 heterocycles. The van der Waals surface area contributed by atoms with E-state index in [1.165, 1.54) is 19.2 Å². The number of rotatable bonds is 4. The van der Waals surface area contributed by atoms with Crippen molar-refractivity contribution in [2.24, 2.45) is 5.10 Å². The van der Waals surface area contributed by atoms with E-state index in [1.807, 2.05) is 6.07 Å². The topological polar surface area (TPSA) is 136 Å². The highest BCUT2D eigenvalue weighted by Gasteiger charge is 2.46. The molecule has 3 rings (SSSR count). The van der Waals surface area contributed by atoms with Gasteiger partial charge < -0.3 is 20.3 Å². The Balaban J connectivity index is 1.75. The number of carbonyl (C=O) groups is 3. The normalized spacial score (nSPS) is 18.6. The summed E-state index contributed by atoms with van der Waals surface area (Å²) >= 11 is 3.31. The summed E-state index contributed by atoms with van der Waals surface area (Å²) in [4.78, 5) is 37.2. The Morgan fingerprint density at radius 3 is 2.72 bits per heavy atom. The summed E-state index contributed by atoms with van der Waals surface area (Å²) in [6, 6.07) is 4.10. The lowest BCUT2D eigenvalue weighted by Crippen LogP contribution is -2.57. The second kappa shape index (κ2) is 9.62. The molecular formula is C20H22BrFN6O4. The van der Waals surface area contributed by atoms with Crippen molar-refractivity contribution < 1.29 is 23.5 Å². The number of hydrogen-bond acceptors (Lipinski definition) is 7. The van der Waals surface area contributed by atoms with E-state index in [1.54, 1.807) is 6.92 Å². The number of carbonyl (C=O) groups excluding carboxylic acids is 3. The summed E-state index contributed by atoms with van der Waals surface area (Å²) in [6.45, 7) is 3.34. The summed E-state index contributed by atoms with van der Waals surface area (Å²) in [5.41, 5.74) is 1.97. The predicted octanol–water partition coefficient (Wildman–Crippen LogP) is 0.989. The van der Waals surface area contributed by atoms with Crippen LogP contribution in [0, 0.1) is 17.1 Å². The first-order valence-corrected chi connectivity index (χ1v) is 10.7. The Kier molecular flexibility index (Phi) is 7.10. The molecule has 0 aromatic heterocycles. The second-order valence-corrected chi connectivity index (χ2v) is 8.49. The van der Waals surface area contributed by atoms with Gasteiger partial charge in [-0.3, -0.25) is 9.59 Å². The predicted molar refractivity (Wildman–Crippen MR) is 115 cm³/mol. The SMILES string of the molecule is CNC(=O)C(=O)N[C@@H](C)CN1CCC2(CC1)OC(=O)NN=C2c1cc(C#N)c(F)cc1Br. The standard InChI is InChI=1S/C20H22BrFN6O4/c1-11(25-18(30)17(29)24-2)10-28-5-3-20(4-6-28)16(26-27-19(31)32-20)13-7-12(9-23)15(22)8-14(13)21/h7-8,11H,3-6,10H2,1-2H3,(H,24,29)(H,25,30)(H,27,31)/t11-/m0/s1. The zero-order valence-electron chi connectivity index (χ0n) is 17.5. The van der Waals surface area contributed by atoms with Gasteiger partial charge in [0.2, 0.25) is 0 Å². The number of nitrogens with one attached hydrogen (secondary N) is 3. The van der Waals surface area contributed by atoms with Crippen molar-refractivity contribution in [1.29, 1.82) is 5.26 Å². The Labute approximate surface area is 192 Å². The van der Waals surface area contributed by atoms with Gasteiger partial charge >= 0.3 is 17.9 Å². The van der Waals surface area contributed by atoms with Crippen LogP contribution >= 0.6 is 15.9 Å². The molecule has 3 N–H and O–H groups in total. The molecule has 170 valence electrons. The molecule has 10 nitrogen and oxygen atoms in total. The van der Waals surface area contributed by atoms with Crippen LogP contribution in [0.3, 0.4) is 0 Å². The maximum absolute atomic E-state index is 14.0. The molecule has 2 aliphatic heterocycles. The Morgan fingerprint density at radius 2 is 2.09 bits per heavy atom. The first-order chi connectivity index (χ1) is 15.2. The molecule has 0 bridgehead atoms. The number of halogens is 2. The summed E-state index contributed by atoms with van der Waals surface area (Å²) < 4.78 is 20.0. The fraction of sp³-hybridized carbons (Fsp3) is 0.450. The van der Waals surface area contributed by atoms with Crippen molar-refractivity contribution in [1.82, 2.24) is 21.0 Å². The lowest BCUT2D eigenvalue weighted by molar-refractivity contribution is -0.139. The van der Waals surface area contributed by atoms with Gasteiger partial charge in [-0.15, -0.1) is 0 Å². The molecule has 1 aromatic rings. The molecule has 12 heteroatoms. The van der Waals surface area contributed by atoms with Gasteiger partial charge in [0.25, 0.3) is 0 Å². The van der Waals surface area contributed by atoms with Crippen LogP contribution in [0.2, 0.25) is 0 Å². The number of amides is 3. The number of likely N-dealkylation sites (tertiary alicyclic amines) is 1. The molecule has 1 aromatic carbocycles. The van der Waals surface area contributed by atoms with Crippen LogP contribution in [0.25, 0.3) is 0 Å². The third-order valence-electron chi connectivity index (χ3n) is 5.42. The molecule has 3 amide bonds. The molecule has 32 heavy (non-hydrogen) atoms. The van der Waals surface area contributed by atoms with Crippen LogP contribution in [0.4, 0.5) is 9.18 Å². The van der Waals surface area contributed by atoms with E-state index in [2.05, 4.69) is 42.0 Å². The number of ether oxygens (including phenoxy) is 1. The van der Waals surface area contributed by atoms with E-state index >= 15 is 0 Å². The monoisotopic (exact) mass is 508 g/mol. The van der Waals surface area contributed by atoms with Crippen molar-refractivity contribution in [3.05, 3.63) is 33.5 Å². The number of nitriles is 1. The van der Waals surface area contributed by atoms with Crippen molar-refractivity contribution in [2.45, 2.75) is 31.4 Å². The summed E-state index contributed by atoms with van der Waals surface area (Å²) in [7, 11) is 1.38. The van der Waals surface area contributed by atoms with Gasteiger partial charge in [-0.25, -0.2) is 14.6 Å². The molecule has 1 spiro atoms. The number of hydrogen-bond donors (Lipinski definition) is 3. The average Bonchev–Trinajstić information content (AvgIpc) is 2.75. The summed E-state index contributed by atoms with van der Waals surface area (Å²) in [6.07, 6.45) is 0.120. The van der Waals surface area contributed by atoms with Gasteiger partial charge in [-0.2, -0.15) is 10.4 Å². The zero-order chi connectivity index (χ0) is 23.5. The van der Waals surface area contributed by atoms with Crippen LogP contribution in [-0.2, 0) is 14.3 Å². The van der Waals surface area contributed by atoms with Gasteiger partial charge in [0.05, 0.1) is 5.56 Å². The van der Waals surface area contributed by atoms with E-state index in [9.17, 15) is 24.0 Å². The highest BCUT2D eigenvalue weighted by molar-refractivity contribution is 9.10. The van der Waals surface area contributed by atoms with Crippen molar-refractivity contribution in [3.8, 4) is 6.07 Å². The molecule has 1 fully saturated rings. The first kappa shape index (κ1) is 23.6. The smallest absolute Gasteiger partial charge is 0.428 e. The van der Waals surface area contributed by atoms with Gasteiger partial charge in [-0.05, 0) is 35.0 Å². The molecule has 0 radical (unpaired) electrons. The maximum atomic E-state index is 14.0. The van der Waals surface area contributed by atoms with E-state index in [-0.39, 0.29) is 11.6 Å². The summed E-state index contributed by atoms with van der Waals surface area (Å²) in [5.74, 6) is -2.08. The van der Waals surface area contributed by atoms with Crippen LogP contribution in [0.15, 0.2) is 21.7 Å². The minimum absolute atomic E-state index is 0.143. The Morgan fingerprint density at radius 1 is 1.41 bits per heavy atom. The first-order valence-electron chi connectivity index (χ1n) is 9.90. The van der Waals surface area contributed by atoms with Crippen LogP contribution in [-0.4, -0.2) is 66.8 Å².